The third-order valence-electron chi connectivity index (χ3n) is 1.52. The van der Waals surface area contributed by atoms with E-state index < -0.39 is 0 Å². The highest BCUT2D eigenvalue weighted by Gasteiger charge is 2.11. The average molecular weight is 215 g/mol. The number of thioether (sulfide) groups is 1. The monoisotopic (exact) mass is 215 g/mol. The van der Waals surface area contributed by atoms with Crippen LogP contribution in [0.5, 0.6) is 0 Å². The van der Waals surface area contributed by atoms with Crippen LogP contribution in [0.25, 0.3) is 0 Å². The third-order valence-corrected chi connectivity index (χ3v) is 2.39. The second kappa shape index (κ2) is 8.92. The van der Waals surface area contributed by atoms with E-state index in [4.69, 9.17) is 11.2 Å². The number of hydrogen-bond acceptors (Lipinski definition) is 4. The van der Waals surface area contributed by atoms with Crippen LogP contribution in [0.15, 0.2) is 0 Å². The normalized spacial score (nSPS) is 11.8. The smallest absolute Gasteiger partial charge is 0.322 e. The maximum atomic E-state index is 11.1. The number of nitrogens with one attached hydrogen (secondary N) is 1. The summed E-state index contributed by atoms with van der Waals surface area (Å²) in [6, 6.07) is -0.235. The molecule has 0 radical (unpaired) electrons. The van der Waals surface area contributed by atoms with Crippen molar-refractivity contribution < 1.29 is 9.53 Å². The second-order valence-corrected chi connectivity index (χ2v) is 3.79. The number of hydrogen-bond donors (Lipinski definition) is 1. The van der Waals surface area contributed by atoms with Crippen molar-refractivity contribution in [2.75, 3.05) is 24.7 Å². The average Bonchev–Trinajstić information content (AvgIpc) is 2.17. The Bertz CT molecular complexity index is 201. The minimum absolute atomic E-state index is 0.200. The van der Waals surface area contributed by atoms with E-state index in [1.54, 1.807) is 25.6 Å². The SMILES string of the molecule is C#CCSCCNC(C)C(=O)OCC. The number of carbonyl (C=O) groups is 1. The van der Waals surface area contributed by atoms with Crippen molar-refractivity contribution in [1.82, 2.24) is 5.32 Å². The Morgan fingerprint density at radius 3 is 3.00 bits per heavy atom. The Morgan fingerprint density at radius 1 is 1.71 bits per heavy atom. The lowest BCUT2D eigenvalue weighted by molar-refractivity contribution is -0.145. The molecule has 0 aliphatic heterocycles. The van der Waals surface area contributed by atoms with E-state index in [1.807, 2.05) is 0 Å². The van der Waals surface area contributed by atoms with Crippen molar-refractivity contribution in [3.05, 3.63) is 0 Å². The van der Waals surface area contributed by atoms with Gasteiger partial charge in [0.15, 0.2) is 0 Å². The van der Waals surface area contributed by atoms with Gasteiger partial charge in [0, 0.05) is 12.3 Å². The molecule has 80 valence electrons. The molecule has 0 fully saturated rings. The molecule has 0 bridgehead atoms. The van der Waals surface area contributed by atoms with Crippen LogP contribution in [0.1, 0.15) is 13.8 Å². The predicted molar refractivity (Wildman–Crippen MR) is 60.3 cm³/mol. The van der Waals surface area contributed by atoms with Crippen LogP contribution in [-0.2, 0) is 9.53 Å². The maximum absolute atomic E-state index is 11.1. The standard InChI is InChI=1S/C10H17NO2S/c1-4-7-14-8-6-11-9(3)10(12)13-5-2/h1,9,11H,5-8H2,2-3H3. The summed E-state index contributed by atoms with van der Waals surface area (Å²) in [5.41, 5.74) is 0. The Balaban J connectivity index is 3.39. The molecule has 0 spiro atoms. The summed E-state index contributed by atoms with van der Waals surface area (Å²) in [6.07, 6.45) is 5.09. The van der Waals surface area contributed by atoms with Crippen LogP contribution in [0, 0.1) is 12.3 Å². The van der Waals surface area contributed by atoms with E-state index in [9.17, 15) is 4.79 Å². The molecule has 3 nitrogen and oxygen atoms in total. The molecule has 4 heteroatoms. The van der Waals surface area contributed by atoms with Crippen LogP contribution < -0.4 is 5.32 Å². The summed E-state index contributed by atoms with van der Waals surface area (Å²) in [7, 11) is 0. The van der Waals surface area contributed by atoms with Crippen molar-refractivity contribution in [1.29, 1.82) is 0 Å². The minimum atomic E-state index is -0.235. The fraction of sp³-hybridized carbons (Fsp3) is 0.700. The molecule has 0 amide bonds. The van der Waals surface area contributed by atoms with Crippen molar-refractivity contribution in [2.45, 2.75) is 19.9 Å². The zero-order valence-corrected chi connectivity index (χ0v) is 9.52. The van der Waals surface area contributed by atoms with Gasteiger partial charge in [-0.25, -0.2) is 0 Å². The van der Waals surface area contributed by atoms with E-state index in [1.165, 1.54) is 0 Å². The molecule has 1 N–H and O–H groups in total. The van der Waals surface area contributed by atoms with Gasteiger partial charge in [0.1, 0.15) is 6.04 Å². The third kappa shape index (κ3) is 6.81. The molecular formula is C10H17NO2S. The van der Waals surface area contributed by atoms with Gasteiger partial charge in [-0.3, -0.25) is 4.79 Å². The minimum Gasteiger partial charge on any atom is -0.465 e. The Morgan fingerprint density at radius 2 is 2.43 bits per heavy atom. The number of carbonyl (C=O) groups excluding carboxylic acids is 1. The molecule has 0 saturated carbocycles. The quantitative estimate of drug-likeness (QED) is 0.389. The van der Waals surface area contributed by atoms with Gasteiger partial charge in [0.05, 0.1) is 12.4 Å². The van der Waals surface area contributed by atoms with Gasteiger partial charge < -0.3 is 10.1 Å². The summed E-state index contributed by atoms with van der Waals surface area (Å²) in [4.78, 5) is 11.1. The second-order valence-electron chi connectivity index (χ2n) is 2.68. The summed E-state index contributed by atoms with van der Waals surface area (Å²) in [5.74, 6) is 3.97. The first kappa shape index (κ1) is 13.3. The van der Waals surface area contributed by atoms with Crippen LogP contribution in [0.2, 0.25) is 0 Å². The number of rotatable bonds is 7. The van der Waals surface area contributed by atoms with Gasteiger partial charge >= 0.3 is 5.97 Å². The van der Waals surface area contributed by atoms with Crippen molar-refractivity contribution in [3.8, 4) is 12.3 Å². The molecule has 0 rings (SSSR count). The van der Waals surface area contributed by atoms with Crippen LogP contribution in [0.4, 0.5) is 0 Å². The van der Waals surface area contributed by atoms with Gasteiger partial charge in [-0.05, 0) is 13.8 Å². The van der Waals surface area contributed by atoms with Crippen molar-refractivity contribution in [3.63, 3.8) is 0 Å². The van der Waals surface area contributed by atoms with Crippen LogP contribution in [0.3, 0.4) is 0 Å². The van der Waals surface area contributed by atoms with Crippen LogP contribution in [-0.4, -0.2) is 36.7 Å². The molecule has 0 aromatic heterocycles. The molecule has 0 saturated heterocycles. The highest BCUT2D eigenvalue weighted by Crippen LogP contribution is 1.96. The highest BCUT2D eigenvalue weighted by atomic mass is 32.2. The molecule has 0 aromatic rings. The zero-order chi connectivity index (χ0) is 10.8. The summed E-state index contributed by atoms with van der Waals surface area (Å²) >= 11 is 1.67. The first-order chi connectivity index (χ1) is 6.72. The molecule has 14 heavy (non-hydrogen) atoms. The first-order valence-electron chi connectivity index (χ1n) is 4.63. The van der Waals surface area contributed by atoms with Crippen molar-refractivity contribution >= 4 is 17.7 Å². The van der Waals surface area contributed by atoms with Crippen LogP contribution >= 0.6 is 11.8 Å². The largest absolute Gasteiger partial charge is 0.465 e. The van der Waals surface area contributed by atoms with Crippen molar-refractivity contribution in [2.24, 2.45) is 0 Å². The van der Waals surface area contributed by atoms with E-state index >= 15 is 0 Å². The lowest BCUT2D eigenvalue weighted by Crippen LogP contribution is -2.36. The van der Waals surface area contributed by atoms with Gasteiger partial charge in [0.2, 0.25) is 0 Å². The van der Waals surface area contributed by atoms with E-state index in [0.29, 0.717) is 6.61 Å². The lowest BCUT2D eigenvalue weighted by atomic mass is 10.3. The van der Waals surface area contributed by atoms with E-state index in [0.717, 1.165) is 18.1 Å². The highest BCUT2D eigenvalue weighted by molar-refractivity contribution is 7.99. The molecule has 0 aromatic carbocycles. The summed E-state index contributed by atoms with van der Waals surface area (Å²) in [5, 5.41) is 3.06. The lowest BCUT2D eigenvalue weighted by Gasteiger charge is -2.11. The molecule has 0 heterocycles. The van der Waals surface area contributed by atoms with Gasteiger partial charge in [0.25, 0.3) is 0 Å². The number of ether oxygens (including phenoxy) is 1. The number of terminal acetylenes is 1. The Kier molecular flexibility index (Phi) is 8.50. The van der Waals surface area contributed by atoms with Gasteiger partial charge in [-0.15, -0.1) is 18.2 Å². The fourth-order valence-corrected chi connectivity index (χ4v) is 1.35. The zero-order valence-electron chi connectivity index (χ0n) is 8.71. The Labute approximate surface area is 90.0 Å². The summed E-state index contributed by atoms with van der Waals surface area (Å²) in [6.45, 7) is 4.79. The molecule has 1 unspecified atom stereocenters. The van der Waals surface area contributed by atoms with E-state index in [-0.39, 0.29) is 12.0 Å². The summed E-state index contributed by atoms with van der Waals surface area (Å²) < 4.78 is 4.84. The number of esters is 1. The molecule has 1 atom stereocenters. The van der Waals surface area contributed by atoms with Gasteiger partial charge in [-0.1, -0.05) is 5.92 Å². The fourth-order valence-electron chi connectivity index (χ4n) is 0.829. The predicted octanol–water partition coefficient (Wildman–Crippen LogP) is 0.894. The van der Waals surface area contributed by atoms with E-state index in [2.05, 4.69) is 11.2 Å². The topological polar surface area (TPSA) is 38.3 Å². The molecular weight excluding hydrogens is 198 g/mol. The van der Waals surface area contributed by atoms with Gasteiger partial charge in [-0.2, -0.15) is 0 Å². The molecule has 0 aliphatic rings. The molecule has 0 aliphatic carbocycles. The Hall–Kier alpha value is -0.660. The maximum Gasteiger partial charge on any atom is 0.322 e. The first-order valence-corrected chi connectivity index (χ1v) is 5.79.